The first-order valence-corrected chi connectivity index (χ1v) is 6.20. The van der Waals surface area contributed by atoms with Gasteiger partial charge in [0.05, 0.1) is 17.1 Å². The lowest BCUT2D eigenvalue weighted by Gasteiger charge is -2.11. The van der Waals surface area contributed by atoms with Crippen molar-refractivity contribution >= 4 is 28.6 Å². The number of nitrogens with one attached hydrogen (secondary N) is 2. The molecule has 0 aliphatic heterocycles. The second-order valence-electron chi connectivity index (χ2n) is 4.58. The number of carboxylic acid groups (broad SMARTS) is 1. The van der Waals surface area contributed by atoms with E-state index in [1.807, 2.05) is 6.92 Å². The summed E-state index contributed by atoms with van der Waals surface area (Å²) in [6.45, 7) is 1.85. The average molecular weight is 276 g/mol. The van der Waals surface area contributed by atoms with Crippen LogP contribution < -0.4 is 11.1 Å². The fourth-order valence-electron chi connectivity index (χ4n) is 1.86. The van der Waals surface area contributed by atoms with Crippen LogP contribution in [0.4, 0.5) is 5.69 Å². The topological polar surface area (TPSA) is 121 Å². The molecule has 1 heterocycles. The molecule has 0 fully saturated rings. The van der Waals surface area contributed by atoms with Gasteiger partial charge >= 0.3 is 5.97 Å². The lowest BCUT2D eigenvalue weighted by Crippen LogP contribution is -2.36. The van der Waals surface area contributed by atoms with Gasteiger partial charge in [-0.15, -0.1) is 0 Å². The van der Waals surface area contributed by atoms with Crippen molar-refractivity contribution in [1.29, 1.82) is 0 Å². The number of hydrogen-bond donors (Lipinski definition) is 4. The molecule has 0 aliphatic carbocycles. The number of imidazole rings is 1. The molecule has 0 bridgehead atoms. The van der Waals surface area contributed by atoms with Crippen LogP contribution in [0.25, 0.3) is 11.0 Å². The fourth-order valence-corrected chi connectivity index (χ4v) is 1.86. The number of aryl methyl sites for hydroxylation is 1. The van der Waals surface area contributed by atoms with Gasteiger partial charge in [-0.25, -0.2) is 4.98 Å². The summed E-state index contributed by atoms with van der Waals surface area (Å²) in [5.41, 5.74) is 7.86. The van der Waals surface area contributed by atoms with Crippen LogP contribution in [-0.2, 0) is 9.59 Å². The van der Waals surface area contributed by atoms with E-state index in [2.05, 4.69) is 15.3 Å². The van der Waals surface area contributed by atoms with Gasteiger partial charge in [0.2, 0.25) is 5.91 Å². The number of fused-ring (bicyclic) bond motifs is 1. The molecule has 1 aromatic heterocycles. The molecule has 0 saturated carbocycles. The number of H-pyrrole nitrogens is 1. The van der Waals surface area contributed by atoms with E-state index in [1.54, 1.807) is 18.2 Å². The van der Waals surface area contributed by atoms with Crippen LogP contribution in [0.5, 0.6) is 0 Å². The van der Waals surface area contributed by atoms with Gasteiger partial charge in [0, 0.05) is 12.1 Å². The summed E-state index contributed by atoms with van der Waals surface area (Å²) in [5.74, 6) is -0.578. The molecule has 1 atom stereocenters. The second kappa shape index (κ2) is 5.70. The van der Waals surface area contributed by atoms with E-state index in [0.29, 0.717) is 5.69 Å². The summed E-state index contributed by atoms with van der Waals surface area (Å²) < 4.78 is 0. The van der Waals surface area contributed by atoms with E-state index in [1.165, 1.54) is 0 Å². The summed E-state index contributed by atoms with van der Waals surface area (Å²) in [7, 11) is 0. The van der Waals surface area contributed by atoms with Crippen molar-refractivity contribution in [3.05, 3.63) is 24.0 Å². The van der Waals surface area contributed by atoms with Crippen molar-refractivity contribution in [3.63, 3.8) is 0 Å². The number of benzene rings is 1. The number of carbonyl (C=O) groups is 2. The maximum absolute atomic E-state index is 11.8. The molecule has 1 aromatic carbocycles. The zero-order valence-corrected chi connectivity index (χ0v) is 11.0. The smallest absolute Gasteiger partial charge is 0.303 e. The van der Waals surface area contributed by atoms with Crippen molar-refractivity contribution in [2.75, 3.05) is 5.32 Å². The summed E-state index contributed by atoms with van der Waals surface area (Å²) >= 11 is 0. The van der Waals surface area contributed by atoms with Crippen molar-refractivity contribution in [1.82, 2.24) is 9.97 Å². The number of nitrogens with two attached hydrogens (primary N) is 1. The van der Waals surface area contributed by atoms with E-state index < -0.39 is 17.9 Å². The zero-order valence-electron chi connectivity index (χ0n) is 11.0. The first-order chi connectivity index (χ1) is 9.45. The van der Waals surface area contributed by atoms with E-state index in [-0.39, 0.29) is 12.8 Å². The Morgan fingerprint density at radius 2 is 2.25 bits per heavy atom. The van der Waals surface area contributed by atoms with E-state index in [9.17, 15) is 9.59 Å². The molecule has 0 saturated heterocycles. The monoisotopic (exact) mass is 276 g/mol. The molecular weight excluding hydrogens is 260 g/mol. The Hall–Kier alpha value is -2.41. The predicted octanol–water partition coefficient (Wildman–Crippen LogP) is 1.00. The molecule has 7 heteroatoms. The fraction of sp³-hybridized carbons (Fsp3) is 0.308. The van der Waals surface area contributed by atoms with Crippen molar-refractivity contribution in [2.45, 2.75) is 25.8 Å². The molecule has 7 nitrogen and oxygen atoms in total. The number of amides is 1. The number of aliphatic carboxylic acids is 1. The minimum Gasteiger partial charge on any atom is -0.481 e. The molecule has 0 radical (unpaired) electrons. The van der Waals surface area contributed by atoms with E-state index >= 15 is 0 Å². The van der Waals surface area contributed by atoms with Crippen LogP contribution in [0.3, 0.4) is 0 Å². The predicted molar refractivity (Wildman–Crippen MR) is 74.3 cm³/mol. The van der Waals surface area contributed by atoms with Gasteiger partial charge < -0.3 is 21.1 Å². The lowest BCUT2D eigenvalue weighted by molar-refractivity contribution is -0.137. The normalized spacial score (nSPS) is 12.3. The Labute approximate surface area is 115 Å². The van der Waals surface area contributed by atoms with Gasteiger partial charge in [-0.3, -0.25) is 9.59 Å². The number of hydrogen-bond acceptors (Lipinski definition) is 4. The lowest BCUT2D eigenvalue weighted by atomic mass is 10.1. The Balaban J connectivity index is 2.03. The van der Waals surface area contributed by atoms with Gasteiger partial charge in [0.25, 0.3) is 0 Å². The largest absolute Gasteiger partial charge is 0.481 e. The molecule has 1 amide bonds. The van der Waals surface area contributed by atoms with E-state index in [0.717, 1.165) is 16.9 Å². The van der Waals surface area contributed by atoms with Gasteiger partial charge in [0.1, 0.15) is 5.82 Å². The molecule has 2 aromatic rings. The van der Waals surface area contributed by atoms with Crippen molar-refractivity contribution < 1.29 is 14.7 Å². The van der Waals surface area contributed by atoms with Crippen molar-refractivity contribution in [2.24, 2.45) is 5.73 Å². The van der Waals surface area contributed by atoms with Crippen LogP contribution >= 0.6 is 0 Å². The zero-order chi connectivity index (χ0) is 14.7. The third-order valence-electron chi connectivity index (χ3n) is 2.87. The summed E-state index contributed by atoms with van der Waals surface area (Å²) in [6.07, 6.45) is -0.0278. The number of carbonyl (C=O) groups excluding carboxylic acids is 1. The highest BCUT2D eigenvalue weighted by Gasteiger charge is 2.15. The standard InChI is InChI=1S/C13H16N4O3/c1-7-15-10-4-2-8(6-11(10)16-7)17-13(20)9(14)3-5-12(18)19/h2,4,6,9H,3,5,14H2,1H3,(H,15,16)(H,17,20)(H,18,19). The molecule has 2 rings (SSSR count). The van der Waals surface area contributed by atoms with Gasteiger partial charge in [0.15, 0.2) is 0 Å². The second-order valence-corrected chi connectivity index (χ2v) is 4.58. The number of aromatic amines is 1. The van der Waals surface area contributed by atoms with Crippen molar-refractivity contribution in [3.8, 4) is 0 Å². The van der Waals surface area contributed by atoms with Gasteiger partial charge in [-0.1, -0.05) is 0 Å². The molecule has 20 heavy (non-hydrogen) atoms. The number of carboxylic acids is 1. The summed E-state index contributed by atoms with van der Waals surface area (Å²) in [6, 6.07) is 4.43. The third kappa shape index (κ3) is 3.33. The molecular formula is C13H16N4O3. The van der Waals surface area contributed by atoms with Gasteiger partial charge in [-0.05, 0) is 31.5 Å². The Bertz CT molecular complexity index is 650. The van der Waals surface area contributed by atoms with E-state index in [4.69, 9.17) is 10.8 Å². The number of rotatable bonds is 5. The highest BCUT2D eigenvalue weighted by molar-refractivity contribution is 5.96. The quantitative estimate of drug-likeness (QED) is 0.649. The first kappa shape index (κ1) is 14.0. The van der Waals surface area contributed by atoms with Crippen LogP contribution in [0.1, 0.15) is 18.7 Å². The highest BCUT2D eigenvalue weighted by atomic mass is 16.4. The summed E-state index contributed by atoms with van der Waals surface area (Å²) in [4.78, 5) is 29.6. The number of aromatic nitrogens is 2. The van der Waals surface area contributed by atoms with Crippen LogP contribution in [0, 0.1) is 6.92 Å². The maximum Gasteiger partial charge on any atom is 0.303 e. The SMILES string of the molecule is Cc1nc2ccc(NC(=O)C(N)CCC(=O)O)cc2[nH]1. The minimum atomic E-state index is -0.970. The molecule has 0 spiro atoms. The minimum absolute atomic E-state index is 0.104. The maximum atomic E-state index is 11.8. The van der Waals surface area contributed by atoms with Crippen LogP contribution in [0.15, 0.2) is 18.2 Å². The Kier molecular flexibility index (Phi) is 3.99. The molecule has 106 valence electrons. The molecule has 1 unspecified atom stereocenters. The number of nitrogens with zero attached hydrogens (tertiary/aromatic N) is 1. The first-order valence-electron chi connectivity index (χ1n) is 6.20. The van der Waals surface area contributed by atoms with Crippen LogP contribution in [0.2, 0.25) is 0 Å². The summed E-state index contributed by atoms with van der Waals surface area (Å²) in [5, 5.41) is 11.2. The average Bonchev–Trinajstić information content (AvgIpc) is 2.75. The Morgan fingerprint density at radius 1 is 1.50 bits per heavy atom. The van der Waals surface area contributed by atoms with Crippen LogP contribution in [-0.4, -0.2) is 33.0 Å². The number of anilines is 1. The highest BCUT2D eigenvalue weighted by Crippen LogP contribution is 2.17. The molecule has 0 aliphatic rings. The Morgan fingerprint density at radius 3 is 2.95 bits per heavy atom. The third-order valence-corrected chi connectivity index (χ3v) is 2.87. The van der Waals surface area contributed by atoms with Gasteiger partial charge in [-0.2, -0.15) is 0 Å². The molecule has 5 N–H and O–H groups in total.